The Labute approximate surface area is 117 Å². The molecule has 2 nitrogen and oxygen atoms in total. The smallest absolute Gasteiger partial charge is 0.309 e. The summed E-state index contributed by atoms with van der Waals surface area (Å²) in [7, 11) is 0. The fourth-order valence-electron chi connectivity index (χ4n) is 3.99. The largest absolute Gasteiger partial charge is 0.461 e. The SMILES string of the molecule is C=CCOC(=O)C(C1CCCCC1)C1CCCCC1. The molecule has 108 valence electrons. The maximum Gasteiger partial charge on any atom is 0.309 e. The molecule has 2 aliphatic carbocycles. The van der Waals surface area contributed by atoms with Crippen LogP contribution in [0.5, 0.6) is 0 Å². The summed E-state index contributed by atoms with van der Waals surface area (Å²) >= 11 is 0. The van der Waals surface area contributed by atoms with Crippen LogP contribution in [0.4, 0.5) is 0 Å². The average molecular weight is 264 g/mol. The van der Waals surface area contributed by atoms with Gasteiger partial charge in [0.1, 0.15) is 6.61 Å². The summed E-state index contributed by atoms with van der Waals surface area (Å²) in [6.07, 6.45) is 14.4. The number of ether oxygens (including phenoxy) is 1. The van der Waals surface area contributed by atoms with Gasteiger partial charge in [0.15, 0.2) is 0 Å². The molecule has 0 radical (unpaired) electrons. The van der Waals surface area contributed by atoms with Crippen molar-refractivity contribution in [2.24, 2.45) is 17.8 Å². The molecule has 2 heteroatoms. The van der Waals surface area contributed by atoms with E-state index >= 15 is 0 Å². The molecule has 0 aliphatic heterocycles. The first kappa shape index (κ1) is 14.6. The summed E-state index contributed by atoms with van der Waals surface area (Å²) in [6, 6.07) is 0. The molecule has 2 saturated carbocycles. The van der Waals surface area contributed by atoms with E-state index in [4.69, 9.17) is 4.74 Å². The molecule has 2 aliphatic rings. The van der Waals surface area contributed by atoms with E-state index in [1.165, 1.54) is 64.2 Å². The van der Waals surface area contributed by atoms with Crippen LogP contribution in [0.15, 0.2) is 12.7 Å². The zero-order valence-electron chi connectivity index (χ0n) is 12.1. The highest BCUT2D eigenvalue weighted by Crippen LogP contribution is 2.40. The van der Waals surface area contributed by atoms with Crippen LogP contribution in [0.2, 0.25) is 0 Å². The predicted molar refractivity (Wildman–Crippen MR) is 77.8 cm³/mol. The van der Waals surface area contributed by atoms with Gasteiger partial charge in [-0.3, -0.25) is 4.79 Å². The fraction of sp³-hybridized carbons (Fsp3) is 0.824. The van der Waals surface area contributed by atoms with Crippen molar-refractivity contribution in [1.82, 2.24) is 0 Å². The second kappa shape index (κ2) is 7.72. The lowest BCUT2D eigenvalue weighted by Gasteiger charge is -2.36. The van der Waals surface area contributed by atoms with Crippen molar-refractivity contribution in [3.8, 4) is 0 Å². The van der Waals surface area contributed by atoms with Gasteiger partial charge in [-0.05, 0) is 37.5 Å². The lowest BCUT2D eigenvalue weighted by Crippen LogP contribution is -2.35. The summed E-state index contributed by atoms with van der Waals surface area (Å²) in [4.78, 5) is 12.4. The normalized spacial score (nSPS) is 22.4. The van der Waals surface area contributed by atoms with Gasteiger partial charge in [-0.2, -0.15) is 0 Å². The Morgan fingerprint density at radius 3 is 1.89 bits per heavy atom. The third kappa shape index (κ3) is 4.09. The van der Waals surface area contributed by atoms with Gasteiger partial charge in [0, 0.05) is 0 Å². The molecule has 0 unspecified atom stereocenters. The highest BCUT2D eigenvalue weighted by molar-refractivity contribution is 5.73. The molecule has 0 aromatic carbocycles. The highest BCUT2D eigenvalue weighted by atomic mass is 16.5. The molecule has 19 heavy (non-hydrogen) atoms. The molecule has 0 heterocycles. The third-order valence-electron chi connectivity index (χ3n) is 4.93. The minimum absolute atomic E-state index is 0.0544. The van der Waals surface area contributed by atoms with Crippen molar-refractivity contribution in [2.75, 3.05) is 6.61 Å². The maximum absolute atomic E-state index is 12.4. The van der Waals surface area contributed by atoms with Crippen molar-refractivity contribution in [3.63, 3.8) is 0 Å². The Bertz CT molecular complexity index is 268. The van der Waals surface area contributed by atoms with Gasteiger partial charge in [-0.25, -0.2) is 0 Å². The second-order valence-corrected chi connectivity index (χ2v) is 6.24. The van der Waals surface area contributed by atoms with E-state index in [0.29, 0.717) is 18.4 Å². The molecule has 0 aromatic heterocycles. The van der Waals surface area contributed by atoms with Gasteiger partial charge < -0.3 is 4.74 Å². The second-order valence-electron chi connectivity index (χ2n) is 6.24. The van der Waals surface area contributed by atoms with E-state index in [1.807, 2.05) is 0 Å². The molecule has 0 aromatic rings. The first-order valence-corrected chi connectivity index (χ1v) is 8.10. The quantitative estimate of drug-likeness (QED) is 0.540. The van der Waals surface area contributed by atoms with Crippen LogP contribution < -0.4 is 0 Å². The molecule has 0 saturated heterocycles. The zero-order valence-corrected chi connectivity index (χ0v) is 12.1. The molecular formula is C17H28O2. The topological polar surface area (TPSA) is 26.3 Å². The molecular weight excluding hydrogens is 236 g/mol. The summed E-state index contributed by atoms with van der Waals surface area (Å²) < 4.78 is 5.40. The van der Waals surface area contributed by atoms with Gasteiger partial charge in [0.05, 0.1) is 5.92 Å². The molecule has 0 spiro atoms. The van der Waals surface area contributed by atoms with E-state index in [1.54, 1.807) is 6.08 Å². The summed E-state index contributed by atoms with van der Waals surface area (Å²) in [5, 5.41) is 0. The average Bonchev–Trinajstić information content (AvgIpc) is 2.47. The molecule has 0 bridgehead atoms. The number of carbonyl (C=O) groups excluding carboxylic acids is 1. The highest BCUT2D eigenvalue weighted by Gasteiger charge is 2.37. The van der Waals surface area contributed by atoms with E-state index in [2.05, 4.69) is 6.58 Å². The molecule has 2 rings (SSSR count). The van der Waals surface area contributed by atoms with E-state index in [0.717, 1.165) is 0 Å². The third-order valence-corrected chi connectivity index (χ3v) is 4.93. The number of esters is 1. The van der Waals surface area contributed by atoms with E-state index in [-0.39, 0.29) is 11.9 Å². The first-order chi connectivity index (χ1) is 9.33. The van der Waals surface area contributed by atoms with Crippen LogP contribution in [-0.4, -0.2) is 12.6 Å². The van der Waals surface area contributed by atoms with Crippen molar-refractivity contribution in [3.05, 3.63) is 12.7 Å². The lowest BCUT2D eigenvalue weighted by atomic mass is 9.69. The Kier molecular flexibility index (Phi) is 5.93. The van der Waals surface area contributed by atoms with Gasteiger partial charge in [0.2, 0.25) is 0 Å². The Hall–Kier alpha value is -0.790. The Morgan fingerprint density at radius 2 is 1.47 bits per heavy atom. The molecule has 0 N–H and O–H groups in total. The Morgan fingerprint density at radius 1 is 1.00 bits per heavy atom. The fourth-order valence-corrected chi connectivity index (χ4v) is 3.99. The summed E-state index contributed by atoms with van der Waals surface area (Å²) in [5.74, 6) is 1.38. The number of carbonyl (C=O) groups is 1. The molecule has 0 amide bonds. The van der Waals surface area contributed by atoms with E-state index in [9.17, 15) is 4.79 Å². The maximum atomic E-state index is 12.4. The number of hydrogen-bond acceptors (Lipinski definition) is 2. The minimum atomic E-state index is 0.0544. The van der Waals surface area contributed by atoms with Crippen molar-refractivity contribution in [1.29, 1.82) is 0 Å². The van der Waals surface area contributed by atoms with Gasteiger partial charge >= 0.3 is 5.97 Å². The first-order valence-electron chi connectivity index (χ1n) is 8.10. The van der Waals surface area contributed by atoms with Crippen LogP contribution >= 0.6 is 0 Å². The van der Waals surface area contributed by atoms with E-state index < -0.39 is 0 Å². The van der Waals surface area contributed by atoms with Crippen LogP contribution in [-0.2, 0) is 9.53 Å². The van der Waals surface area contributed by atoms with Gasteiger partial charge in [-0.1, -0.05) is 51.2 Å². The number of hydrogen-bond donors (Lipinski definition) is 0. The lowest BCUT2D eigenvalue weighted by molar-refractivity contribution is -0.153. The molecule has 0 atom stereocenters. The summed E-state index contributed by atoms with van der Waals surface area (Å²) in [6.45, 7) is 4.01. The van der Waals surface area contributed by atoms with Crippen LogP contribution in [0.1, 0.15) is 64.2 Å². The van der Waals surface area contributed by atoms with Gasteiger partial charge in [0.25, 0.3) is 0 Å². The monoisotopic (exact) mass is 264 g/mol. The van der Waals surface area contributed by atoms with Crippen molar-refractivity contribution < 1.29 is 9.53 Å². The zero-order chi connectivity index (χ0) is 13.5. The number of rotatable bonds is 5. The molecule has 2 fully saturated rings. The van der Waals surface area contributed by atoms with Gasteiger partial charge in [-0.15, -0.1) is 0 Å². The van der Waals surface area contributed by atoms with Crippen molar-refractivity contribution >= 4 is 5.97 Å². The Balaban J connectivity index is 2.01. The summed E-state index contributed by atoms with van der Waals surface area (Å²) in [5.41, 5.74) is 0. The minimum Gasteiger partial charge on any atom is -0.461 e. The predicted octanol–water partition coefficient (Wildman–Crippen LogP) is 4.49. The standard InChI is InChI=1S/C17H28O2/c1-2-13-19-17(18)16(14-9-5-3-6-10-14)15-11-7-4-8-12-15/h2,14-16H,1,3-13H2. The van der Waals surface area contributed by atoms with Crippen molar-refractivity contribution in [2.45, 2.75) is 64.2 Å². The van der Waals surface area contributed by atoms with Crippen LogP contribution in [0, 0.1) is 17.8 Å². The van der Waals surface area contributed by atoms with Crippen LogP contribution in [0.25, 0.3) is 0 Å². The van der Waals surface area contributed by atoms with Crippen LogP contribution in [0.3, 0.4) is 0 Å².